The van der Waals surface area contributed by atoms with E-state index >= 15 is 0 Å². The number of benzene rings is 2. The van der Waals surface area contributed by atoms with Gasteiger partial charge in [-0.1, -0.05) is 79.7 Å². The van der Waals surface area contributed by atoms with Gasteiger partial charge in [-0.25, -0.2) is 4.68 Å². The number of ketones is 1. The van der Waals surface area contributed by atoms with Crippen molar-refractivity contribution >= 4 is 23.5 Å². The molecule has 2 heterocycles. The van der Waals surface area contributed by atoms with Crippen LogP contribution >= 0.6 is 11.8 Å². The van der Waals surface area contributed by atoms with Crippen LogP contribution in [0.25, 0.3) is 0 Å². The average molecular weight is 445 g/mol. The van der Waals surface area contributed by atoms with Crippen molar-refractivity contribution in [2.75, 3.05) is 5.32 Å². The number of aromatic nitrogens is 3. The molecule has 1 aliphatic carbocycles. The van der Waals surface area contributed by atoms with E-state index < -0.39 is 0 Å². The van der Waals surface area contributed by atoms with Gasteiger partial charge in [-0.15, -0.1) is 5.10 Å². The topological polar surface area (TPSA) is 59.8 Å². The molecule has 0 saturated heterocycles. The fraction of sp³-hybridized carbons (Fsp3) is 0.346. The highest BCUT2D eigenvalue weighted by molar-refractivity contribution is 7.98. The molecule has 1 aromatic heterocycles. The molecule has 1 atom stereocenters. The molecular weight excluding hydrogens is 416 g/mol. The highest BCUT2D eigenvalue weighted by atomic mass is 32.2. The van der Waals surface area contributed by atoms with Crippen molar-refractivity contribution in [2.45, 2.75) is 57.5 Å². The first-order chi connectivity index (χ1) is 15.3. The zero-order valence-corrected chi connectivity index (χ0v) is 19.8. The molecule has 2 aliphatic rings. The number of rotatable bonds is 4. The lowest BCUT2D eigenvalue weighted by molar-refractivity contribution is -0.118. The van der Waals surface area contributed by atoms with Crippen molar-refractivity contribution in [1.82, 2.24) is 14.8 Å². The third-order valence-corrected chi connectivity index (χ3v) is 7.18. The number of anilines is 1. The van der Waals surface area contributed by atoms with Crippen LogP contribution in [0, 0.1) is 19.3 Å². The number of hydrogen-bond acceptors (Lipinski definition) is 5. The number of hydrogen-bond donors (Lipinski definition) is 1. The summed E-state index contributed by atoms with van der Waals surface area (Å²) >= 11 is 1.63. The molecule has 0 fully saturated rings. The second-order valence-electron chi connectivity index (χ2n) is 9.65. The highest BCUT2D eigenvalue weighted by Crippen LogP contribution is 2.45. The molecule has 2 aromatic carbocycles. The van der Waals surface area contributed by atoms with Gasteiger partial charge in [-0.2, -0.15) is 4.98 Å². The number of nitrogens with zero attached hydrogens (tertiary/aromatic N) is 3. The molecule has 164 valence electrons. The Hall–Kier alpha value is -2.86. The molecule has 0 unspecified atom stereocenters. The van der Waals surface area contributed by atoms with Crippen LogP contribution in [0.4, 0.5) is 5.95 Å². The van der Waals surface area contributed by atoms with E-state index in [1.807, 2.05) is 22.9 Å². The summed E-state index contributed by atoms with van der Waals surface area (Å²) in [4.78, 5) is 18.1. The van der Waals surface area contributed by atoms with E-state index in [4.69, 9.17) is 10.1 Å². The summed E-state index contributed by atoms with van der Waals surface area (Å²) in [6.07, 6.45) is 1.38. The zero-order valence-electron chi connectivity index (χ0n) is 19.0. The van der Waals surface area contributed by atoms with E-state index in [9.17, 15) is 4.79 Å². The standard InChI is InChI=1S/C26H28N4OS/c1-16-10-11-17(2)19(12-16)15-32-25-28-24-27-20-13-26(3,4)14-21(31)22(20)23(30(24)29-25)18-8-6-5-7-9-18/h5-12,23H,13-15H2,1-4H3,(H,27,28,29)/t23-/m0/s1. The van der Waals surface area contributed by atoms with Crippen LogP contribution in [0.2, 0.25) is 0 Å². The monoisotopic (exact) mass is 444 g/mol. The van der Waals surface area contributed by atoms with E-state index in [0.29, 0.717) is 12.4 Å². The quantitative estimate of drug-likeness (QED) is 0.512. The summed E-state index contributed by atoms with van der Waals surface area (Å²) in [5.41, 5.74) is 6.65. The molecular formula is C26H28N4OS. The molecule has 0 bridgehead atoms. The molecule has 6 heteroatoms. The Morgan fingerprint density at radius 3 is 2.69 bits per heavy atom. The van der Waals surface area contributed by atoms with Crippen molar-refractivity contribution in [2.24, 2.45) is 5.41 Å². The van der Waals surface area contributed by atoms with Crippen LogP contribution in [0.15, 0.2) is 65.0 Å². The maximum atomic E-state index is 13.3. The van der Waals surface area contributed by atoms with Crippen LogP contribution < -0.4 is 5.32 Å². The lowest BCUT2D eigenvalue weighted by Crippen LogP contribution is -2.36. The lowest BCUT2D eigenvalue weighted by Gasteiger charge is -2.38. The van der Waals surface area contributed by atoms with Crippen molar-refractivity contribution in [1.29, 1.82) is 0 Å². The smallest absolute Gasteiger partial charge is 0.227 e. The van der Waals surface area contributed by atoms with E-state index in [1.54, 1.807) is 11.8 Å². The largest absolute Gasteiger partial charge is 0.328 e. The van der Waals surface area contributed by atoms with Crippen molar-refractivity contribution in [3.05, 3.63) is 82.1 Å². The third-order valence-electron chi connectivity index (χ3n) is 6.29. The number of thioether (sulfide) groups is 1. The van der Waals surface area contributed by atoms with Gasteiger partial charge in [0.25, 0.3) is 0 Å². The number of carbonyl (C=O) groups excluding carboxylic acids is 1. The van der Waals surface area contributed by atoms with Gasteiger partial charge < -0.3 is 5.32 Å². The van der Waals surface area contributed by atoms with E-state index in [2.05, 4.69) is 63.3 Å². The van der Waals surface area contributed by atoms with Gasteiger partial charge in [0, 0.05) is 23.4 Å². The van der Waals surface area contributed by atoms with Crippen LogP contribution in [-0.2, 0) is 10.5 Å². The van der Waals surface area contributed by atoms with Crippen LogP contribution in [0.5, 0.6) is 0 Å². The lowest BCUT2D eigenvalue weighted by atomic mass is 9.73. The Bertz CT molecular complexity index is 1230. The van der Waals surface area contributed by atoms with Crippen LogP contribution in [0.1, 0.15) is 55.0 Å². The number of allylic oxidation sites excluding steroid dienone is 2. The molecule has 1 aliphatic heterocycles. The van der Waals surface area contributed by atoms with Crippen molar-refractivity contribution in [3.8, 4) is 0 Å². The summed E-state index contributed by atoms with van der Waals surface area (Å²) in [5, 5.41) is 9.04. The Morgan fingerprint density at radius 1 is 1.12 bits per heavy atom. The third kappa shape index (κ3) is 3.88. The minimum absolute atomic E-state index is 0.0629. The molecule has 0 spiro atoms. The van der Waals surface area contributed by atoms with Gasteiger partial charge in [0.05, 0.1) is 0 Å². The van der Waals surface area contributed by atoms with Crippen molar-refractivity contribution in [3.63, 3.8) is 0 Å². The number of aryl methyl sites for hydroxylation is 2. The van der Waals surface area contributed by atoms with Gasteiger partial charge in [-0.3, -0.25) is 4.79 Å². The molecule has 1 N–H and O–H groups in total. The van der Waals surface area contributed by atoms with E-state index in [-0.39, 0.29) is 17.2 Å². The Balaban J connectivity index is 1.51. The predicted octanol–water partition coefficient (Wildman–Crippen LogP) is 5.85. The highest BCUT2D eigenvalue weighted by Gasteiger charge is 2.41. The second kappa shape index (κ2) is 7.93. The predicted molar refractivity (Wildman–Crippen MR) is 129 cm³/mol. The van der Waals surface area contributed by atoms with Gasteiger partial charge >= 0.3 is 0 Å². The van der Waals surface area contributed by atoms with Crippen LogP contribution in [0.3, 0.4) is 0 Å². The first-order valence-electron chi connectivity index (χ1n) is 11.0. The maximum absolute atomic E-state index is 13.3. The molecule has 5 nitrogen and oxygen atoms in total. The van der Waals surface area contributed by atoms with E-state index in [1.165, 1.54) is 16.7 Å². The van der Waals surface area contributed by atoms with E-state index in [0.717, 1.165) is 34.2 Å². The molecule has 0 radical (unpaired) electrons. The minimum atomic E-state index is -0.242. The molecule has 3 aromatic rings. The Labute approximate surface area is 193 Å². The zero-order chi connectivity index (χ0) is 22.5. The average Bonchev–Trinajstić information content (AvgIpc) is 3.15. The second-order valence-corrected chi connectivity index (χ2v) is 10.6. The number of fused-ring (bicyclic) bond motifs is 1. The van der Waals surface area contributed by atoms with Crippen molar-refractivity contribution < 1.29 is 4.79 Å². The van der Waals surface area contributed by atoms with Gasteiger partial charge in [0.1, 0.15) is 6.04 Å². The Morgan fingerprint density at radius 2 is 1.91 bits per heavy atom. The van der Waals surface area contributed by atoms with Gasteiger partial charge in [0.2, 0.25) is 11.1 Å². The normalized spacial score (nSPS) is 19.4. The summed E-state index contributed by atoms with van der Waals surface area (Å²) < 4.78 is 1.90. The molecule has 5 rings (SSSR count). The first kappa shape index (κ1) is 21.0. The molecule has 32 heavy (non-hydrogen) atoms. The number of carbonyl (C=O) groups is 1. The molecule has 0 amide bonds. The van der Waals surface area contributed by atoms with Gasteiger partial charge in [0.15, 0.2) is 5.78 Å². The minimum Gasteiger partial charge on any atom is -0.328 e. The molecule has 0 saturated carbocycles. The number of nitrogens with one attached hydrogen (secondary N) is 1. The SMILES string of the molecule is Cc1ccc(C)c(CSc2nc3n(n2)[C@@H](c2ccccc2)C2=C(CC(C)(C)CC2=O)N3)c1. The summed E-state index contributed by atoms with van der Waals surface area (Å²) in [7, 11) is 0. The maximum Gasteiger partial charge on any atom is 0.227 e. The number of Topliss-reactive ketones (excluding diaryl/α,β-unsaturated/α-hetero) is 1. The van der Waals surface area contributed by atoms with Crippen LogP contribution in [-0.4, -0.2) is 20.5 Å². The Kier molecular flexibility index (Phi) is 5.20. The summed E-state index contributed by atoms with van der Waals surface area (Å²) in [6.45, 7) is 8.56. The summed E-state index contributed by atoms with van der Waals surface area (Å²) in [6, 6.07) is 16.5. The fourth-order valence-corrected chi connectivity index (χ4v) is 5.58. The first-order valence-corrected chi connectivity index (χ1v) is 12.0. The summed E-state index contributed by atoms with van der Waals surface area (Å²) in [5.74, 6) is 1.72. The van der Waals surface area contributed by atoms with Gasteiger partial charge in [-0.05, 0) is 42.4 Å². The fourth-order valence-electron chi connectivity index (χ4n) is 4.69.